The van der Waals surface area contributed by atoms with Crippen LogP contribution in [0.5, 0.6) is 0 Å². The third kappa shape index (κ3) is 3.95. The van der Waals surface area contributed by atoms with E-state index in [4.69, 9.17) is 4.42 Å². The molecule has 0 unspecified atom stereocenters. The van der Waals surface area contributed by atoms with E-state index in [2.05, 4.69) is 35.9 Å². The fraction of sp³-hybridized carbons (Fsp3) is 0.867. The lowest BCUT2D eigenvalue weighted by Crippen LogP contribution is -2.38. The molecule has 114 valence electrons. The molecule has 1 fully saturated rings. The molecule has 1 aliphatic heterocycles. The minimum Gasteiger partial charge on any atom is -0.408 e. The Hall–Kier alpha value is -1.10. The van der Waals surface area contributed by atoms with Crippen molar-refractivity contribution in [2.45, 2.75) is 59.0 Å². The van der Waals surface area contributed by atoms with E-state index < -0.39 is 0 Å². The third-order valence-electron chi connectivity index (χ3n) is 3.99. The Bertz CT molecular complexity index is 398. The van der Waals surface area contributed by atoms with Crippen molar-refractivity contribution in [3.05, 3.63) is 5.89 Å². The maximum atomic E-state index is 10.2. The first-order valence-corrected chi connectivity index (χ1v) is 7.85. The summed E-state index contributed by atoms with van der Waals surface area (Å²) in [4.78, 5) is 2.14. The van der Waals surface area contributed by atoms with Gasteiger partial charge in [0.05, 0.1) is 6.10 Å². The van der Waals surface area contributed by atoms with E-state index in [1.54, 1.807) is 0 Å². The van der Waals surface area contributed by atoms with Crippen molar-refractivity contribution in [1.29, 1.82) is 0 Å². The first-order valence-electron chi connectivity index (χ1n) is 7.85. The summed E-state index contributed by atoms with van der Waals surface area (Å²) in [5, 5.41) is 18.4. The number of aryl methyl sites for hydroxylation is 1. The molecule has 2 heterocycles. The van der Waals surface area contributed by atoms with Crippen LogP contribution in [0.1, 0.15) is 52.3 Å². The van der Waals surface area contributed by atoms with E-state index >= 15 is 0 Å². The van der Waals surface area contributed by atoms with Crippen LogP contribution in [-0.2, 0) is 6.42 Å². The Balaban J connectivity index is 1.84. The van der Waals surface area contributed by atoms with Crippen LogP contribution in [0, 0.1) is 11.8 Å². The molecule has 1 N–H and O–H groups in total. The number of aliphatic hydroxyl groups is 1. The second-order valence-electron chi connectivity index (χ2n) is 6.25. The molecule has 1 atom stereocenters. The molecule has 0 saturated carbocycles. The molecule has 5 nitrogen and oxygen atoms in total. The first-order chi connectivity index (χ1) is 9.60. The summed E-state index contributed by atoms with van der Waals surface area (Å²) in [5.41, 5.74) is 0. The van der Waals surface area contributed by atoms with Crippen LogP contribution in [0.4, 0.5) is 6.01 Å². The average Bonchev–Trinajstić information content (AvgIpc) is 2.87. The van der Waals surface area contributed by atoms with Gasteiger partial charge >= 0.3 is 6.01 Å². The van der Waals surface area contributed by atoms with Crippen LogP contribution in [0.25, 0.3) is 0 Å². The Labute approximate surface area is 121 Å². The van der Waals surface area contributed by atoms with E-state index in [1.165, 1.54) is 0 Å². The molecule has 0 radical (unpaired) electrons. The number of aliphatic hydroxyl groups excluding tert-OH is 1. The fourth-order valence-corrected chi connectivity index (χ4v) is 2.84. The Morgan fingerprint density at radius 2 is 2.00 bits per heavy atom. The highest BCUT2D eigenvalue weighted by Crippen LogP contribution is 2.27. The second-order valence-corrected chi connectivity index (χ2v) is 6.25. The van der Waals surface area contributed by atoms with Gasteiger partial charge in [-0.25, -0.2) is 0 Å². The molecule has 5 heteroatoms. The quantitative estimate of drug-likeness (QED) is 0.868. The van der Waals surface area contributed by atoms with E-state index in [1.807, 2.05) is 0 Å². The van der Waals surface area contributed by atoms with Gasteiger partial charge in [0.15, 0.2) is 0 Å². The van der Waals surface area contributed by atoms with Crippen molar-refractivity contribution < 1.29 is 9.52 Å². The molecule has 1 aliphatic rings. The van der Waals surface area contributed by atoms with Gasteiger partial charge < -0.3 is 14.4 Å². The summed E-state index contributed by atoms with van der Waals surface area (Å²) >= 11 is 0. The average molecular weight is 281 g/mol. The largest absolute Gasteiger partial charge is 0.408 e. The van der Waals surface area contributed by atoms with Crippen LogP contribution < -0.4 is 4.90 Å². The van der Waals surface area contributed by atoms with E-state index in [0.717, 1.165) is 51.1 Å². The molecule has 1 aromatic heterocycles. The summed E-state index contributed by atoms with van der Waals surface area (Å²) in [6.45, 7) is 8.21. The lowest BCUT2D eigenvalue weighted by Gasteiger charge is -2.33. The van der Waals surface area contributed by atoms with Crippen molar-refractivity contribution in [2.75, 3.05) is 18.0 Å². The smallest absolute Gasteiger partial charge is 0.318 e. The molecule has 0 aromatic carbocycles. The number of nitrogens with zero attached hydrogens (tertiary/aromatic N) is 3. The van der Waals surface area contributed by atoms with Gasteiger partial charge in [-0.05, 0) is 37.5 Å². The van der Waals surface area contributed by atoms with Gasteiger partial charge in [0, 0.05) is 19.5 Å². The highest BCUT2D eigenvalue weighted by molar-refractivity contribution is 5.24. The molecule has 1 saturated heterocycles. The molecule has 0 spiro atoms. The predicted molar refractivity (Wildman–Crippen MR) is 78.7 cm³/mol. The van der Waals surface area contributed by atoms with Gasteiger partial charge in [0.1, 0.15) is 0 Å². The minimum atomic E-state index is -0.171. The van der Waals surface area contributed by atoms with Crippen LogP contribution >= 0.6 is 0 Å². The Morgan fingerprint density at radius 3 is 2.60 bits per heavy atom. The first kappa shape index (κ1) is 15.3. The number of anilines is 1. The van der Waals surface area contributed by atoms with Gasteiger partial charge in [0.2, 0.25) is 5.89 Å². The van der Waals surface area contributed by atoms with E-state index in [9.17, 15) is 5.11 Å². The number of hydrogen-bond acceptors (Lipinski definition) is 5. The molecular weight excluding hydrogens is 254 g/mol. The Morgan fingerprint density at radius 1 is 1.30 bits per heavy atom. The van der Waals surface area contributed by atoms with Crippen LogP contribution in [0.15, 0.2) is 4.42 Å². The van der Waals surface area contributed by atoms with Crippen molar-refractivity contribution in [2.24, 2.45) is 11.8 Å². The zero-order chi connectivity index (χ0) is 14.5. The summed E-state index contributed by atoms with van der Waals surface area (Å²) in [6.07, 6.45) is 4.59. The summed E-state index contributed by atoms with van der Waals surface area (Å²) in [7, 11) is 0. The van der Waals surface area contributed by atoms with Crippen molar-refractivity contribution in [3.8, 4) is 0 Å². The number of piperidine rings is 1. The van der Waals surface area contributed by atoms with E-state index in [0.29, 0.717) is 17.9 Å². The molecular formula is C15H27N3O2. The summed E-state index contributed by atoms with van der Waals surface area (Å²) in [5.74, 6) is 1.69. The van der Waals surface area contributed by atoms with Gasteiger partial charge in [-0.2, -0.15) is 0 Å². The number of rotatable bonds is 6. The minimum absolute atomic E-state index is 0.171. The highest BCUT2D eigenvalue weighted by Gasteiger charge is 2.27. The van der Waals surface area contributed by atoms with E-state index in [-0.39, 0.29) is 6.10 Å². The van der Waals surface area contributed by atoms with Crippen molar-refractivity contribution in [1.82, 2.24) is 10.2 Å². The molecule has 1 aromatic rings. The lowest BCUT2D eigenvalue weighted by molar-refractivity contribution is 0.0729. The monoisotopic (exact) mass is 281 g/mol. The molecule has 2 rings (SSSR count). The lowest BCUT2D eigenvalue weighted by atomic mass is 9.87. The van der Waals surface area contributed by atoms with Crippen LogP contribution in [-0.4, -0.2) is 34.5 Å². The standard InChI is InChI=1S/C15H27N3O2/c1-4-5-14-16-17-15(20-14)18-8-6-12(7-9-18)13(19)10-11(2)3/h11-13,19H,4-10H2,1-3H3/t13-/m0/s1. The molecule has 0 amide bonds. The normalized spacial score (nSPS) is 18.8. The van der Waals surface area contributed by atoms with Crippen molar-refractivity contribution in [3.63, 3.8) is 0 Å². The van der Waals surface area contributed by atoms with Gasteiger partial charge in [-0.1, -0.05) is 25.9 Å². The SMILES string of the molecule is CCCc1nnc(N2CCC([C@@H](O)CC(C)C)CC2)o1. The Kier molecular flexibility index (Phi) is 5.40. The maximum Gasteiger partial charge on any atom is 0.318 e. The number of hydrogen-bond donors (Lipinski definition) is 1. The van der Waals surface area contributed by atoms with Crippen LogP contribution in [0.2, 0.25) is 0 Å². The molecule has 0 bridgehead atoms. The molecule has 0 aliphatic carbocycles. The van der Waals surface area contributed by atoms with Crippen LogP contribution in [0.3, 0.4) is 0 Å². The summed E-state index contributed by atoms with van der Waals surface area (Å²) < 4.78 is 5.67. The van der Waals surface area contributed by atoms with Crippen molar-refractivity contribution >= 4 is 6.01 Å². The fourth-order valence-electron chi connectivity index (χ4n) is 2.84. The second kappa shape index (κ2) is 7.07. The van der Waals surface area contributed by atoms with Gasteiger partial charge in [-0.3, -0.25) is 0 Å². The predicted octanol–water partition coefficient (Wildman–Crippen LogP) is 2.65. The maximum absolute atomic E-state index is 10.2. The van der Waals surface area contributed by atoms with Gasteiger partial charge in [-0.15, -0.1) is 5.10 Å². The highest BCUT2D eigenvalue weighted by atomic mass is 16.4. The zero-order valence-corrected chi connectivity index (χ0v) is 12.9. The number of aromatic nitrogens is 2. The topological polar surface area (TPSA) is 62.4 Å². The third-order valence-corrected chi connectivity index (χ3v) is 3.99. The van der Waals surface area contributed by atoms with Gasteiger partial charge in [0.25, 0.3) is 0 Å². The summed E-state index contributed by atoms with van der Waals surface area (Å²) in [6, 6.07) is 0.644. The molecule has 20 heavy (non-hydrogen) atoms. The zero-order valence-electron chi connectivity index (χ0n) is 12.9.